The zero-order valence-electron chi connectivity index (χ0n) is 13.6. The van der Waals surface area contributed by atoms with Crippen molar-refractivity contribution in [1.82, 2.24) is 0 Å². The Hall–Kier alpha value is -2.24. The van der Waals surface area contributed by atoms with Crippen molar-refractivity contribution in [3.63, 3.8) is 0 Å². The van der Waals surface area contributed by atoms with Gasteiger partial charge in [-0.1, -0.05) is 43.9 Å². The number of aromatic hydroxyl groups is 1. The Morgan fingerprint density at radius 2 is 1.26 bits per heavy atom. The topological polar surface area (TPSA) is 20.2 Å². The Labute approximate surface area is 137 Å². The van der Waals surface area contributed by atoms with E-state index in [4.69, 9.17) is 0 Å². The average Bonchev–Trinajstić information content (AvgIpc) is 2.82. The summed E-state index contributed by atoms with van der Waals surface area (Å²) in [6, 6.07) is 19.5. The molecule has 0 fully saturated rings. The number of rotatable bonds is 1. The van der Waals surface area contributed by atoms with E-state index in [1.54, 1.807) is 0 Å². The highest BCUT2D eigenvalue weighted by Gasteiger charge is 2.16. The molecule has 0 aliphatic rings. The highest BCUT2D eigenvalue weighted by Crippen LogP contribution is 2.56. The van der Waals surface area contributed by atoms with E-state index in [0.717, 1.165) is 5.56 Å². The second-order valence-electron chi connectivity index (χ2n) is 6.28. The number of phenols is 1. The lowest BCUT2D eigenvalue weighted by Crippen LogP contribution is -1.79. The van der Waals surface area contributed by atoms with Gasteiger partial charge in [0.2, 0.25) is 0 Å². The van der Waals surface area contributed by atoms with Crippen LogP contribution in [-0.2, 0) is 0 Å². The molecule has 3 aromatic carbocycles. The Morgan fingerprint density at radius 3 is 1.96 bits per heavy atom. The third-order valence-electron chi connectivity index (χ3n) is 4.71. The molecule has 1 nitrogen and oxygen atoms in total. The standard InChI is InChI=1S/C21H19OP/c1-13-9-17-18-12-19(22)15(3)11-21(18)23(20(17)10-14(13)2)16-7-5-4-6-8-16/h4-12,22H,1-3H3. The first-order valence-corrected chi connectivity index (χ1v) is 9.21. The molecule has 1 unspecified atom stereocenters. The minimum Gasteiger partial charge on any atom is -0.508 e. The molecule has 1 N–H and O–H groups in total. The van der Waals surface area contributed by atoms with Crippen LogP contribution in [0.4, 0.5) is 0 Å². The van der Waals surface area contributed by atoms with E-state index in [-0.39, 0.29) is 0 Å². The molecular formula is C21H19OP. The molecule has 1 heterocycles. The van der Waals surface area contributed by atoms with Gasteiger partial charge in [0.05, 0.1) is 0 Å². The van der Waals surface area contributed by atoms with E-state index in [9.17, 15) is 5.11 Å². The maximum Gasteiger partial charge on any atom is 0.119 e. The summed E-state index contributed by atoms with van der Waals surface area (Å²) in [5.41, 5.74) is 3.59. The van der Waals surface area contributed by atoms with Crippen LogP contribution >= 0.6 is 7.53 Å². The van der Waals surface area contributed by atoms with E-state index in [2.05, 4.69) is 62.4 Å². The van der Waals surface area contributed by atoms with Crippen LogP contribution in [0, 0.1) is 20.8 Å². The van der Waals surface area contributed by atoms with Gasteiger partial charge in [0.1, 0.15) is 5.75 Å². The predicted molar refractivity (Wildman–Crippen MR) is 101 cm³/mol. The summed E-state index contributed by atoms with van der Waals surface area (Å²) in [5.74, 6) is 0.387. The van der Waals surface area contributed by atoms with Crippen LogP contribution < -0.4 is 0 Å². The van der Waals surface area contributed by atoms with Gasteiger partial charge < -0.3 is 5.11 Å². The molecule has 2 heteroatoms. The van der Waals surface area contributed by atoms with Gasteiger partial charge in [-0.05, 0) is 71.7 Å². The number of phenolic OH excluding ortho intramolecular Hbond substituents is 1. The SMILES string of the molecule is Cc1cc2c3cc(O)c(C)cc3p(-c3ccccc3)c2cc1C. The maximum absolute atomic E-state index is 10.2. The van der Waals surface area contributed by atoms with Gasteiger partial charge in [0, 0.05) is 10.2 Å². The van der Waals surface area contributed by atoms with Crippen LogP contribution in [0.3, 0.4) is 0 Å². The van der Waals surface area contributed by atoms with E-state index in [1.807, 2.05) is 13.0 Å². The molecule has 4 rings (SSSR count). The summed E-state index contributed by atoms with van der Waals surface area (Å²) in [6.07, 6.45) is 0. The molecule has 0 saturated heterocycles. The third-order valence-corrected chi connectivity index (χ3v) is 7.23. The summed E-state index contributed by atoms with van der Waals surface area (Å²) in [4.78, 5) is 0. The lowest BCUT2D eigenvalue weighted by molar-refractivity contribution is 0.472. The van der Waals surface area contributed by atoms with Gasteiger partial charge in [0.15, 0.2) is 0 Å². The second-order valence-corrected chi connectivity index (χ2v) is 8.43. The minimum atomic E-state index is -0.540. The molecule has 0 aliphatic carbocycles. The first kappa shape index (κ1) is 14.4. The van der Waals surface area contributed by atoms with Crippen molar-refractivity contribution in [3.8, 4) is 11.1 Å². The van der Waals surface area contributed by atoms with Crippen LogP contribution in [-0.4, -0.2) is 5.11 Å². The van der Waals surface area contributed by atoms with Crippen molar-refractivity contribution in [2.24, 2.45) is 0 Å². The highest BCUT2D eigenvalue weighted by molar-refractivity contribution is 7.67. The van der Waals surface area contributed by atoms with E-state index >= 15 is 0 Å². The molecular weight excluding hydrogens is 299 g/mol. The third kappa shape index (κ3) is 2.16. The molecule has 0 amide bonds. The largest absolute Gasteiger partial charge is 0.508 e. The predicted octanol–water partition coefficient (Wildman–Crippen LogP) is 6.60. The fourth-order valence-corrected chi connectivity index (χ4v) is 6.05. The van der Waals surface area contributed by atoms with E-state index < -0.39 is 7.53 Å². The lowest BCUT2D eigenvalue weighted by Gasteiger charge is -2.05. The normalized spacial score (nSPS) is 12.2. The molecule has 114 valence electrons. The smallest absolute Gasteiger partial charge is 0.119 e. The van der Waals surface area contributed by atoms with Crippen molar-refractivity contribution < 1.29 is 5.11 Å². The molecule has 0 bridgehead atoms. The number of benzene rings is 3. The summed E-state index contributed by atoms with van der Waals surface area (Å²) in [6.45, 7) is 6.32. The summed E-state index contributed by atoms with van der Waals surface area (Å²) in [7, 11) is -0.540. The van der Waals surface area contributed by atoms with Gasteiger partial charge in [-0.15, -0.1) is 0 Å². The zero-order chi connectivity index (χ0) is 16.1. The van der Waals surface area contributed by atoms with Crippen LogP contribution in [0.5, 0.6) is 5.75 Å². The zero-order valence-corrected chi connectivity index (χ0v) is 14.5. The number of hydrogen-bond donors (Lipinski definition) is 1. The summed E-state index contributed by atoms with van der Waals surface area (Å²) >= 11 is 0. The van der Waals surface area contributed by atoms with Gasteiger partial charge in [0.25, 0.3) is 0 Å². The van der Waals surface area contributed by atoms with Crippen molar-refractivity contribution >= 4 is 28.5 Å². The Balaban J connectivity index is 2.25. The first-order chi connectivity index (χ1) is 11.1. The number of fused-ring (bicyclic) bond motifs is 3. The summed E-state index contributed by atoms with van der Waals surface area (Å²) in [5, 5.41) is 16.8. The van der Waals surface area contributed by atoms with Gasteiger partial charge in [-0.2, -0.15) is 0 Å². The second kappa shape index (κ2) is 5.15. The maximum atomic E-state index is 10.2. The summed E-state index contributed by atoms with van der Waals surface area (Å²) < 4.78 is 0. The van der Waals surface area contributed by atoms with Crippen molar-refractivity contribution in [1.29, 1.82) is 0 Å². The average molecular weight is 318 g/mol. The molecule has 0 radical (unpaired) electrons. The Bertz CT molecular complexity index is 977. The van der Waals surface area contributed by atoms with E-state index in [0.29, 0.717) is 5.75 Å². The fourth-order valence-electron chi connectivity index (χ4n) is 3.27. The lowest BCUT2D eigenvalue weighted by atomic mass is 10.0. The van der Waals surface area contributed by atoms with Gasteiger partial charge in [-0.3, -0.25) is 0 Å². The molecule has 0 spiro atoms. The monoisotopic (exact) mass is 318 g/mol. The van der Waals surface area contributed by atoms with Crippen LogP contribution in [0.25, 0.3) is 26.3 Å². The van der Waals surface area contributed by atoms with Gasteiger partial charge >= 0.3 is 0 Å². The van der Waals surface area contributed by atoms with Crippen molar-refractivity contribution in [2.45, 2.75) is 20.8 Å². The molecule has 23 heavy (non-hydrogen) atoms. The molecule has 1 atom stereocenters. The fraction of sp³-hybridized carbons (Fsp3) is 0.143. The first-order valence-electron chi connectivity index (χ1n) is 7.86. The number of aryl methyl sites for hydroxylation is 3. The quantitative estimate of drug-likeness (QED) is 0.419. The van der Waals surface area contributed by atoms with Crippen molar-refractivity contribution in [3.05, 3.63) is 71.3 Å². The van der Waals surface area contributed by atoms with Crippen LogP contribution in [0.15, 0.2) is 54.6 Å². The van der Waals surface area contributed by atoms with Crippen LogP contribution in [0.1, 0.15) is 16.7 Å². The molecule has 4 aromatic rings. The van der Waals surface area contributed by atoms with E-state index in [1.165, 1.54) is 37.4 Å². The highest BCUT2D eigenvalue weighted by atomic mass is 31.1. The van der Waals surface area contributed by atoms with Crippen molar-refractivity contribution in [2.75, 3.05) is 0 Å². The van der Waals surface area contributed by atoms with Crippen LogP contribution in [0.2, 0.25) is 0 Å². The Kier molecular flexibility index (Phi) is 3.21. The molecule has 1 aromatic heterocycles. The Morgan fingerprint density at radius 1 is 0.696 bits per heavy atom. The molecule has 0 aliphatic heterocycles. The number of hydrogen-bond acceptors (Lipinski definition) is 1. The molecule has 0 saturated carbocycles. The van der Waals surface area contributed by atoms with Gasteiger partial charge in [-0.25, -0.2) is 0 Å². The minimum absolute atomic E-state index is 0.387.